The van der Waals surface area contributed by atoms with Gasteiger partial charge in [0.05, 0.1) is 5.56 Å². The number of hydrogen-bond acceptors (Lipinski definition) is 5. The minimum atomic E-state index is -4.54. The van der Waals surface area contributed by atoms with Crippen LogP contribution in [-0.4, -0.2) is 25.8 Å². The highest BCUT2D eigenvalue weighted by molar-refractivity contribution is 5.99. The van der Waals surface area contributed by atoms with Crippen molar-refractivity contribution >= 4 is 17.4 Å². The van der Waals surface area contributed by atoms with Gasteiger partial charge in [-0.1, -0.05) is 6.07 Å². The molecule has 2 heterocycles. The van der Waals surface area contributed by atoms with Crippen molar-refractivity contribution in [1.29, 1.82) is 0 Å². The number of benzene rings is 2. The summed E-state index contributed by atoms with van der Waals surface area (Å²) in [6, 6.07) is 10.1. The van der Waals surface area contributed by atoms with Crippen LogP contribution in [-0.2, 0) is 13.2 Å². The molecule has 4 rings (SSSR count). The summed E-state index contributed by atoms with van der Waals surface area (Å²) in [5.41, 5.74) is -0.424. The van der Waals surface area contributed by atoms with E-state index < -0.39 is 23.6 Å². The van der Waals surface area contributed by atoms with Gasteiger partial charge in [0.2, 0.25) is 0 Å². The van der Waals surface area contributed by atoms with Crippen molar-refractivity contribution in [3.8, 4) is 23.0 Å². The Morgan fingerprint density at radius 2 is 1.79 bits per heavy atom. The number of carbonyl (C=O) groups is 1. The molecule has 0 atom stereocenters. The molecule has 0 saturated heterocycles. The van der Waals surface area contributed by atoms with Crippen LogP contribution in [0, 0.1) is 5.82 Å². The average molecular weight is 472 g/mol. The van der Waals surface area contributed by atoms with Gasteiger partial charge in [-0.3, -0.25) is 4.98 Å². The summed E-state index contributed by atoms with van der Waals surface area (Å²) in [4.78, 5) is 16.3. The molecule has 0 spiro atoms. The molecule has 0 aliphatic carbocycles. The quantitative estimate of drug-likeness (QED) is 0.376. The SMILES string of the molecule is Cn1cnnc1-c1cc(Oc2ccc(NC(=O)Nc3cccc(C(F)(F)F)c3)cc2F)ccn1. The molecule has 12 heteroatoms. The van der Waals surface area contributed by atoms with Gasteiger partial charge in [0.25, 0.3) is 0 Å². The van der Waals surface area contributed by atoms with E-state index in [-0.39, 0.29) is 17.1 Å². The third-order valence-electron chi connectivity index (χ3n) is 4.54. The number of nitrogens with zero attached hydrogens (tertiary/aromatic N) is 4. The van der Waals surface area contributed by atoms with Crippen LogP contribution in [0.3, 0.4) is 0 Å². The number of carbonyl (C=O) groups excluding carboxylic acids is 1. The second-order valence-corrected chi connectivity index (χ2v) is 7.05. The average Bonchev–Trinajstić information content (AvgIpc) is 3.21. The standard InChI is InChI=1S/C22H16F4N6O2/c1-32-12-28-31-20(32)18-11-16(7-8-27-18)34-19-6-5-15(10-17(19)23)30-21(33)29-14-4-2-3-13(9-14)22(24,25)26/h2-12H,1H3,(H2,29,30,33). The monoisotopic (exact) mass is 472 g/mol. The number of aromatic nitrogens is 4. The number of aryl methyl sites for hydroxylation is 1. The highest BCUT2D eigenvalue weighted by Gasteiger charge is 2.30. The highest BCUT2D eigenvalue weighted by atomic mass is 19.4. The summed E-state index contributed by atoms with van der Waals surface area (Å²) in [5.74, 6) is -0.0833. The lowest BCUT2D eigenvalue weighted by molar-refractivity contribution is -0.137. The molecular weight excluding hydrogens is 456 g/mol. The van der Waals surface area contributed by atoms with Gasteiger partial charge in [-0.15, -0.1) is 10.2 Å². The number of rotatable bonds is 5. The molecule has 0 fully saturated rings. The Morgan fingerprint density at radius 1 is 1.03 bits per heavy atom. The molecule has 0 bridgehead atoms. The first-order chi connectivity index (χ1) is 16.2. The first-order valence-electron chi connectivity index (χ1n) is 9.72. The van der Waals surface area contributed by atoms with E-state index in [9.17, 15) is 22.4 Å². The zero-order valence-electron chi connectivity index (χ0n) is 17.5. The first kappa shape index (κ1) is 22.7. The number of hydrogen-bond donors (Lipinski definition) is 2. The maximum absolute atomic E-state index is 14.6. The largest absolute Gasteiger partial charge is 0.454 e. The molecule has 4 aromatic rings. The fourth-order valence-corrected chi connectivity index (χ4v) is 2.97. The Morgan fingerprint density at radius 3 is 2.47 bits per heavy atom. The first-order valence-corrected chi connectivity index (χ1v) is 9.72. The molecule has 0 saturated carbocycles. The molecule has 0 aliphatic rings. The van der Waals surface area contributed by atoms with E-state index in [1.165, 1.54) is 42.9 Å². The van der Waals surface area contributed by atoms with Gasteiger partial charge in [0, 0.05) is 36.8 Å². The zero-order chi connectivity index (χ0) is 24.3. The van der Waals surface area contributed by atoms with Gasteiger partial charge in [0.1, 0.15) is 17.8 Å². The lowest BCUT2D eigenvalue weighted by Crippen LogP contribution is -2.20. The van der Waals surface area contributed by atoms with Crippen LogP contribution in [0.4, 0.5) is 33.7 Å². The van der Waals surface area contributed by atoms with E-state index in [0.717, 1.165) is 18.2 Å². The molecule has 174 valence electrons. The normalized spacial score (nSPS) is 11.2. The maximum Gasteiger partial charge on any atom is 0.416 e. The Balaban J connectivity index is 1.43. The van der Waals surface area contributed by atoms with Crippen LogP contribution >= 0.6 is 0 Å². The molecule has 2 N–H and O–H groups in total. The predicted octanol–water partition coefficient (Wildman–Crippen LogP) is 5.47. The molecule has 0 unspecified atom stereocenters. The van der Waals surface area contributed by atoms with E-state index in [4.69, 9.17) is 4.74 Å². The molecule has 34 heavy (non-hydrogen) atoms. The number of amides is 2. The van der Waals surface area contributed by atoms with Gasteiger partial charge >= 0.3 is 12.2 Å². The highest BCUT2D eigenvalue weighted by Crippen LogP contribution is 2.31. The van der Waals surface area contributed by atoms with E-state index in [1.54, 1.807) is 17.7 Å². The fraction of sp³-hybridized carbons (Fsp3) is 0.0909. The van der Waals surface area contributed by atoms with Gasteiger partial charge in [-0.25, -0.2) is 9.18 Å². The minimum absolute atomic E-state index is 0.0656. The van der Waals surface area contributed by atoms with Gasteiger partial charge in [-0.05, 0) is 36.4 Å². The van der Waals surface area contributed by atoms with Crippen molar-refractivity contribution in [3.05, 3.63) is 78.5 Å². The van der Waals surface area contributed by atoms with Gasteiger partial charge in [0.15, 0.2) is 17.4 Å². The lowest BCUT2D eigenvalue weighted by atomic mass is 10.2. The molecule has 2 aromatic carbocycles. The van der Waals surface area contributed by atoms with Crippen LogP contribution in [0.1, 0.15) is 5.56 Å². The third kappa shape index (κ3) is 5.28. The summed E-state index contributed by atoms with van der Waals surface area (Å²) in [7, 11) is 1.75. The molecule has 0 aliphatic heterocycles. The smallest absolute Gasteiger partial charge is 0.416 e. The summed E-state index contributed by atoms with van der Waals surface area (Å²) < 4.78 is 60.2. The minimum Gasteiger partial charge on any atom is -0.454 e. The molecule has 2 aromatic heterocycles. The van der Waals surface area contributed by atoms with Gasteiger partial charge < -0.3 is 19.9 Å². The molecular formula is C22H16F4N6O2. The number of halogens is 4. The number of urea groups is 1. The summed E-state index contributed by atoms with van der Waals surface area (Å²) in [6.07, 6.45) is -1.55. The summed E-state index contributed by atoms with van der Waals surface area (Å²) in [5, 5.41) is 12.4. The predicted molar refractivity (Wildman–Crippen MR) is 115 cm³/mol. The fourth-order valence-electron chi connectivity index (χ4n) is 2.97. The van der Waals surface area contributed by atoms with E-state index >= 15 is 0 Å². The second kappa shape index (κ2) is 9.17. The number of alkyl halides is 3. The summed E-state index contributed by atoms with van der Waals surface area (Å²) in [6.45, 7) is 0. The maximum atomic E-state index is 14.6. The number of pyridine rings is 1. The van der Waals surface area contributed by atoms with Crippen LogP contribution < -0.4 is 15.4 Å². The number of ether oxygens (including phenoxy) is 1. The second-order valence-electron chi connectivity index (χ2n) is 7.05. The van der Waals surface area contributed by atoms with Crippen molar-refractivity contribution in [1.82, 2.24) is 19.7 Å². The van der Waals surface area contributed by atoms with Crippen LogP contribution in [0.15, 0.2) is 67.1 Å². The van der Waals surface area contributed by atoms with Crippen LogP contribution in [0.5, 0.6) is 11.5 Å². The van der Waals surface area contributed by atoms with Crippen molar-refractivity contribution in [3.63, 3.8) is 0 Å². The molecule has 0 radical (unpaired) electrons. The zero-order valence-corrected chi connectivity index (χ0v) is 17.5. The van der Waals surface area contributed by atoms with Crippen molar-refractivity contribution in [2.24, 2.45) is 7.05 Å². The van der Waals surface area contributed by atoms with E-state index in [1.807, 2.05) is 0 Å². The van der Waals surface area contributed by atoms with E-state index in [2.05, 4.69) is 25.8 Å². The molecule has 8 nitrogen and oxygen atoms in total. The van der Waals surface area contributed by atoms with Crippen molar-refractivity contribution in [2.75, 3.05) is 10.6 Å². The van der Waals surface area contributed by atoms with E-state index in [0.29, 0.717) is 17.3 Å². The molecule has 2 amide bonds. The van der Waals surface area contributed by atoms with Gasteiger partial charge in [-0.2, -0.15) is 13.2 Å². The number of anilines is 2. The third-order valence-corrected chi connectivity index (χ3v) is 4.54. The Bertz CT molecular complexity index is 1340. The number of nitrogens with one attached hydrogen (secondary N) is 2. The van der Waals surface area contributed by atoms with Crippen LogP contribution in [0.25, 0.3) is 11.5 Å². The van der Waals surface area contributed by atoms with Crippen LogP contribution in [0.2, 0.25) is 0 Å². The lowest BCUT2D eigenvalue weighted by Gasteiger charge is -2.12. The Kier molecular flexibility index (Phi) is 6.13. The van der Waals surface area contributed by atoms with Crippen molar-refractivity contribution in [2.45, 2.75) is 6.18 Å². The topological polar surface area (TPSA) is 94.0 Å². The summed E-state index contributed by atoms with van der Waals surface area (Å²) >= 11 is 0. The Labute approximate surface area is 190 Å². The van der Waals surface area contributed by atoms with Crippen molar-refractivity contribution < 1.29 is 27.1 Å². The Hall–Kier alpha value is -4.48.